The molecule has 1 atom stereocenters. The molecule has 3 aromatic rings. The quantitative estimate of drug-likeness (QED) is 0.453. The summed E-state index contributed by atoms with van der Waals surface area (Å²) >= 11 is 0. The molecule has 1 amide bonds. The molecule has 10 heteroatoms. The highest BCUT2D eigenvalue weighted by Crippen LogP contribution is 2.34. The molecule has 3 aromatic heterocycles. The predicted molar refractivity (Wildman–Crippen MR) is 139 cm³/mol. The van der Waals surface area contributed by atoms with Gasteiger partial charge in [-0.3, -0.25) is 4.79 Å². The van der Waals surface area contributed by atoms with Crippen molar-refractivity contribution < 1.29 is 14.3 Å². The maximum atomic E-state index is 11.8. The third-order valence-electron chi connectivity index (χ3n) is 6.79. The van der Waals surface area contributed by atoms with Gasteiger partial charge in [0.05, 0.1) is 6.61 Å². The molecule has 1 saturated carbocycles. The molecule has 194 valence electrons. The number of fused-ring (bicyclic) bond motifs is 1. The second-order valence-electron chi connectivity index (χ2n) is 9.59. The molecule has 1 saturated heterocycles. The number of H-pyrrole nitrogens is 1. The van der Waals surface area contributed by atoms with Gasteiger partial charge in [-0.05, 0) is 56.2 Å². The van der Waals surface area contributed by atoms with Crippen LogP contribution in [0.25, 0.3) is 11.0 Å². The molecule has 1 aliphatic carbocycles. The van der Waals surface area contributed by atoms with Crippen LogP contribution in [0, 0.1) is 0 Å². The van der Waals surface area contributed by atoms with Gasteiger partial charge >= 0.3 is 6.01 Å². The summed E-state index contributed by atoms with van der Waals surface area (Å²) in [6, 6.07) is 6.38. The number of pyridine rings is 1. The number of anilines is 1. The van der Waals surface area contributed by atoms with Gasteiger partial charge in [-0.25, -0.2) is 4.98 Å². The van der Waals surface area contributed by atoms with Gasteiger partial charge in [0.15, 0.2) is 0 Å². The average Bonchev–Trinajstić information content (AvgIpc) is 3.53. The summed E-state index contributed by atoms with van der Waals surface area (Å²) in [5.74, 6) is 0.482. The number of rotatable bonds is 7. The summed E-state index contributed by atoms with van der Waals surface area (Å²) in [6.07, 6.45) is 10.8. The first-order valence-electron chi connectivity index (χ1n) is 12.7. The van der Waals surface area contributed by atoms with Crippen molar-refractivity contribution in [3.05, 3.63) is 41.9 Å². The first-order chi connectivity index (χ1) is 17.4. The largest absolute Gasteiger partial charge is 0.458 e. The first kappa shape index (κ1) is 25.8. The third kappa shape index (κ3) is 6.50. The van der Waals surface area contributed by atoms with E-state index < -0.39 is 5.91 Å². The Hall–Kier alpha value is -3.24. The second kappa shape index (κ2) is 12.1. The predicted octanol–water partition coefficient (Wildman–Crippen LogP) is 3.14. The molecule has 0 radical (unpaired) electrons. The van der Waals surface area contributed by atoms with Crippen LogP contribution in [0.2, 0.25) is 0 Å². The maximum Gasteiger partial charge on any atom is 0.319 e. The number of carbonyl (C=O) groups is 1. The highest BCUT2D eigenvalue weighted by Gasteiger charge is 2.25. The molecule has 0 spiro atoms. The summed E-state index contributed by atoms with van der Waals surface area (Å²) in [4.78, 5) is 30.2. The van der Waals surface area contributed by atoms with Gasteiger partial charge in [0.2, 0.25) is 0 Å². The molecule has 2 aliphatic rings. The summed E-state index contributed by atoms with van der Waals surface area (Å²) in [6.45, 7) is 3.86. The van der Waals surface area contributed by atoms with Crippen LogP contribution >= 0.6 is 0 Å². The number of piperidine rings is 1. The van der Waals surface area contributed by atoms with E-state index in [9.17, 15) is 4.79 Å². The van der Waals surface area contributed by atoms with Gasteiger partial charge in [-0.2, -0.15) is 9.97 Å². The number of primary amides is 1. The number of amides is 1. The van der Waals surface area contributed by atoms with Crippen molar-refractivity contribution in [3.8, 4) is 6.01 Å². The lowest BCUT2D eigenvalue weighted by Crippen LogP contribution is -2.34. The molecular formula is C26H37N7O3. The summed E-state index contributed by atoms with van der Waals surface area (Å²) in [7, 11) is 1.60. The molecule has 0 aromatic carbocycles. The Labute approximate surface area is 211 Å². The molecule has 5 rings (SSSR count). The van der Waals surface area contributed by atoms with E-state index in [2.05, 4.69) is 37.1 Å². The van der Waals surface area contributed by atoms with E-state index >= 15 is 0 Å². The number of aromatic amines is 1. The smallest absolute Gasteiger partial charge is 0.319 e. The van der Waals surface area contributed by atoms with Crippen LogP contribution in [-0.4, -0.2) is 64.8 Å². The Kier molecular flexibility index (Phi) is 8.71. The van der Waals surface area contributed by atoms with Crippen LogP contribution in [0.4, 0.5) is 5.82 Å². The molecule has 0 bridgehead atoms. The van der Waals surface area contributed by atoms with Crippen LogP contribution in [0.5, 0.6) is 6.01 Å². The lowest BCUT2D eigenvalue weighted by molar-refractivity contribution is 0.0847. The van der Waals surface area contributed by atoms with Crippen molar-refractivity contribution in [2.24, 2.45) is 11.5 Å². The number of carbonyl (C=O) groups excluding carboxylic acids is 1. The van der Waals surface area contributed by atoms with Crippen molar-refractivity contribution >= 4 is 22.8 Å². The highest BCUT2D eigenvalue weighted by molar-refractivity contribution is 5.91. The number of hydrogen-bond acceptors (Lipinski definition) is 8. The molecule has 1 aliphatic heterocycles. The van der Waals surface area contributed by atoms with E-state index in [1.807, 2.05) is 13.0 Å². The van der Waals surface area contributed by atoms with Crippen LogP contribution in [0.3, 0.4) is 0 Å². The normalized spacial score (nSPS) is 17.6. The maximum absolute atomic E-state index is 11.8. The van der Waals surface area contributed by atoms with Crippen molar-refractivity contribution in [1.82, 2.24) is 19.9 Å². The van der Waals surface area contributed by atoms with Gasteiger partial charge < -0.3 is 30.8 Å². The van der Waals surface area contributed by atoms with E-state index in [1.54, 1.807) is 19.4 Å². The number of nitrogens with two attached hydrogens (primary N) is 2. The summed E-state index contributed by atoms with van der Waals surface area (Å²) < 4.78 is 10.8. The lowest BCUT2D eigenvalue weighted by atomic mass is 9.89. The average molecular weight is 496 g/mol. The third-order valence-corrected chi connectivity index (χ3v) is 6.79. The fourth-order valence-electron chi connectivity index (χ4n) is 4.89. The van der Waals surface area contributed by atoms with Crippen molar-refractivity contribution in [3.63, 3.8) is 0 Å². The van der Waals surface area contributed by atoms with E-state index in [0.29, 0.717) is 24.4 Å². The standard InChI is InChI=1S/C21H26N6O3.C5H11N/c1-13(12-29-2)30-21-25-17(19(22)28)10-18(26-21)27-8-5-14(6-9-27)16-11-24-20-15(16)4-3-7-23-20;6-5-3-1-2-4-5/h3-4,7,10-11,13-14H,5-6,8-9,12H2,1-2H3,(H2,22,28)(H,23,24);5H,1-4,6H2. The Morgan fingerprint density at radius 3 is 2.61 bits per heavy atom. The monoisotopic (exact) mass is 495 g/mol. The zero-order chi connectivity index (χ0) is 25.5. The first-order valence-corrected chi connectivity index (χ1v) is 12.7. The minimum Gasteiger partial charge on any atom is -0.458 e. The lowest BCUT2D eigenvalue weighted by Gasteiger charge is -2.33. The Morgan fingerprint density at radius 2 is 1.97 bits per heavy atom. The zero-order valence-corrected chi connectivity index (χ0v) is 21.2. The van der Waals surface area contributed by atoms with E-state index in [-0.39, 0.29) is 17.8 Å². The van der Waals surface area contributed by atoms with Gasteiger partial charge in [0, 0.05) is 50.1 Å². The zero-order valence-electron chi connectivity index (χ0n) is 21.2. The van der Waals surface area contributed by atoms with Gasteiger partial charge in [0.25, 0.3) is 5.91 Å². The SMILES string of the molecule is COCC(C)Oc1nc(C(N)=O)cc(N2CCC(c3c[nH]c4ncccc34)CC2)n1.NC1CCCC1. The molecule has 36 heavy (non-hydrogen) atoms. The van der Waals surface area contributed by atoms with Crippen molar-refractivity contribution in [2.45, 2.75) is 63.5 Å². The van der Waals surface area contributed by atoms with Crippen molar-refractivity contribution in [1.29, 1.82) is 0 Å². The molecule has 4 heterocycles. The van der Waals surface area contributed by atoms with Gasteiger partial charge in [-0.1, -0.05) is 12.8 Å². The second-order valence-corrected chi connectivity index (χ2v) is 9.59. The highest BCUT2D eigenvalue weighted by atomic mass is 16.5. The fourth-order valence-corrected chi connectivity index (χ4v) is 4.89. The number of aromatic nitrogens is 4. The molecular weight excluding hydrogens is 458 g/mol. The number of nitrogens with one attached hydrogen (secondary N) is 1. The summed E-state index contributed by atoms with van der Waals surface area (Å²) in [5.41, 5.74) is 13.4. The van der Waals surface area contributed by atoms with Crippen LogP contribution in [-0.2, 0) is 4.74 Å². The number of methoxy groups -OCH3 is 1. The van der Waals surface area contributed by atoms with Crippen molar-refractivity contribution in [2.75, 3.05) is 31.7 Å². The van der Waals surface area contributed by atoms with E-state index in [4.69, 9.17) is 20.9 Å². The van der Waals surface area contributed by atoms with E-state index in [0.717, 1.165) is 31.6 Å². The van der Waals surface area contributed by atoms with E-state index in [1.165, 1.54) is 36.6 Å². The molecule has 5 N–H and O–H groups in total. The minimum absolute atomic E-state index is 0.135. The van der Waals surface area contributed by atoms with Crippen LogP contribution < -0.4 is 21.1 Å². The van der Waals surface area contributed by atoms with Gasteiger partial charge in [-0.15, -0.1) is 0 Å². The van der Waals surface area contributed by atoms with Crippen LogP contribution in [0.1, 0.15) is 67.4 Å². The Bertz CT molecular complexity index is 1140. The minimum atomic E-state index is -0.607. The Morgan fingerprint density at radius 1 is 1.22 bits per heavy atom. The molecule has 2 fully saturated rings. The number of hydrogen-bond donors (Lipinski definition) is 3. The molecule has 1 unspecified atom stereocenters. The van der Waals surface area contributed by atoms with Gasteiger partial charge in [0.1, 0.15) is 23.3 Å². The number of ether oxygens (including phenoxy) is 2. The van der Waals surface area contributed by atoms with Crippen LogP contribution in [0.15, 0.2) is 30.6 Å². The topological polar surface area (TPSA) is 145 Å². The molecule has 10 nitrogen and oxygen atoms in total. The fraction of sp³-hybridized carbons (Fsp3) is 0.538. The summed E-state index contributed by atoms with van der Waals surface area (Å²) in [5, 5.41) is 1.18. The number of nitrogens with zero attached hydrogens (tertiary/aromatic N) is 4. The Balaban J connectivity index is 0.000000445.